The summed E-state index contributed by atoms with van der Waals surface area (Å²) in [4.78, 5) is 34.2. The largest absolute Gasteiger partial charge is 0.472 e. The van der Waals surface area contributed by atoms with Gasteiger partial charge in [0, 0.05) is 12.1 Å². The minimum absolute atomic E-state index is 0.145. The van der Waals surface area contributed by atoms with Gasteiger partial charge in [-0.3, -0.25) is 4.79 Å². The third-order valence-electron chi connectivity index (χ3n) is 4.66. The molecule has 0 unspecified atom stereocenters. The van der Waals surface area contributed by atoms with Gasteiger partial charge >= 0.3 is 19.6 Å². The Labute approximate surface area is 227 Å². The van der Waals surface area contributed by atoms with E-state index in [0.717, 1.165) is 11.3 Å². The van der Waals surface area contributed by atoms with Crippen LogP contribution in [-0.4, -0.2) is 32.6 Å². The summed E-state index contributed by atoms with van der Waals surface area (Å²) in [5.41, 5.74) is 1.33. The van der Waals surface area contributed by atoms with E-state index in [4.69, 9.17) is 23.8 Å². The fourth-order valence-corrected chi connectivity index (χ4v) is 4.58. The highest BCUT2D eigenvalue weighted by atomic mass is 79.9. The first-order valence-corrected chi connectivity index (χ1v) is 13.6. The van der Waals surface area contributed by atoms with Gasteiger partial charge in [0.15, 0.2) is 12.5 Å². The van der Waals surface area contributed by atoms with Gasteiger partial charge in [-0.25, -0.2) is 9.09 Å². The van der Waals surface area contributed by atoms with Crippen LogP contribution in [-0.2, 0) is 15.6 Å². The lowest BCUT2D eigenvalue weighted by Crippen LogP contribution is -2.23. The fraction of sp³-hybridized carbons (Fsp3) is 0.0870. The summed E-state index contributed by atoms with van der Waals surface area (Å²) in [6, 6.07) is 19.9. The zero-order chi connectivity index (χ0) is 26.4. The third kappa shape index (κ3) is 7.71. The average molecular weight is 655 g/mol. The zero-order valence-electron chi connectivity index (χ0n) is 18.7. The molecule has 14 heteroatoms. The predicted octanol–water partition coefficient (Wildman–Crippen LogP) is 5.43. The maximum Gasteiger partial charge on any atom is 0.472 e. The van der Waals surface area contributed by atoms with Gasteiger partial charge in [0.1, 0.15) is 11.5 Å². The highest BCUT2D eigenvalue weighted by molar-refractivity contribution is 9.11. The van der Waals surface area contributed by atoms with Crippen LogP contribution >= 0.6 is 39.7 Å². The summed E-state index contributed by atoms with van der Waals surface area (Å²) in [6.07, 6.45) is 0. The van der Waals surface area contributed by atoms with E-state index in [1.54, 1.807) is 24.3 Å². The second kappa shape index (κ2) is 12.0. The van der Waals surface area contributed by atoms with Crippen LogP contribution in [0, 0.1) is 0 Å². The van der Waals surface area contributed by atoms with Crippen molar-refractivity contribution in [1.29, 1.82) is 0 Å². The molecule has 0 saturated carbocycles. The fourth-order valence-electron chi connectivity index (χ4n) is 2.97. The van der Waals surface area contributed by atoms with Gasteiger partial charge < -0.3 is 29.1 Å². The lowest BCUT2D eigenvalue weighted by molar-refractivity contribution is 0.0817. The molecule has 11 nitrogen and oxygen atoms in total. The number of hydrogen-bond acceptors (Lipinski definition) is 8. The molecule has 0 radical (unpaired) electrons. The summed E-state index contributed by atoms with van der Waals surface area (Å²) in [5, 5.41) is 6.57. The van der Waals surface area contributed by atoms with E-state index in [1.165, 1.54) is 0 Å². The maximum absolute atomic E-state index is 12.5. The number of carbonyl (C=O) groups excluding carboxylic acids is 1. The van der Waals surface area contributed by atoms with Crippen LogP contribution < -0.4 is 14.8 Å². The van der Waals surface area contributed by atoms with Crippen LogP contribution in [0.1, 0.15) is 16.2 Å². The van der Waals surface area contributed by atoms with Gasteiger partial charge in [-0.05, 0) is 73.8 Å². The van der Waals surface area contributed by atoms with Crippen molar-refractivity contribution in [1.82, 2.24) is 15.5 Å². The highest BCUT2D eigenvalue weighted by Gasteiger charge is 2.19. The monoisotopic (exact) mass is 653 g/mol. The third-order valence-corrected chi connectivity index (χ3v) is 6.28. The average Bonchev–Trinajstić information content (AvgIpc) is 3.36. The molecule has 4 aromatic rings. The van der Waals surface area contributed by atoms with Gasteiger partial charge in [0.25, 0.3) is 0 Å². The van der Waals surface area contributed by atoms with E-state index in [1.807, 2.05) is 42.5 Å². The molecule has 0 atom stereocenters. The predicted molar refractivity (Wildman–Crippen MR) is 138 cm³/mol. The van der Waals surface area contributed by atoms with Crippen molar-refractivity contribution in [2.75, 3.05) is 6.79 Å². The van der Waals surface area contributed by atoms with Crippen molar-refractivity contribution >= 4 is 45.6 Å². The van der Waals surface area contributed by atoms with Crippen LogP contribution in [0.25, 0.3) is 11.4 Å². The van der Waals surface area contributed by atoms with Gasteiger partial charge in [0.2, 0.25) is 5.82 Å². The van der Waals surface area contributed by atoms with Crippen LogP contribution in [0.4, 0.5) is 0 Å². The number of halogens is 2. The summed E-state index contributed by atoms with van der Waals surface area (Å²) >= 11 is 6.61. The number of para-hydroxylation sites is 1. The van der Waals surface area contributed by atoms with E-state index in [0.29, 0.717) is 20.3 Å². The number of hydrogen-bond donors (Lipinski definition) is 3. The van der Waals surface area contributed by atoms with Gasteiger partial charge in [-0.1, -0.05) is 35.5 Å². The standard InChI is InChI=1S/C23H18Br2N3O8P/c24-18-10-15(11-19(25)20(18)33-13-34-37(30,31)32)21-27-23(36-28-21)22(29)26-12-14-6-8-17(9-7-14)35-16-4-2-1-3-5-16/h1-11H,12-13H2,(H,26,29)(H2,30,31,32). The minimum atomic E-state index is -4.67. The zero-order valence-corrected chi connectivity index (χ0v) is 22.8. The van der Waals surface area contributed by atoms with E-state index < -0.39 is 20.5 Å². The summed E-state index contributed by atoms with van der Waals surface area (Å²) in [6.45, 7) is -0.432. The second-order valence-electron chi connectivity index (χ2n) is 7.32. The molecule has 0 aliphatic heterocycles. The molecule has 1 heterocycles. The Kier molecular flexibility index (Phi) is 8.75. The molecule has 1 aromatic heterocycles. The van der Waals surface area contributed by atoms with Crippen LogP contribution in [0.15, 0.2) is 80.2 Å². The Morgan fingerprint density at radius 3 is 2.30 bits per heavy atom. The van der Waals surface area contributed by atoms with Crippen molar-refractivity contribution < 1.29 is 37.7 Å². The molecular weight excluding hydrogens is 637 g/mol. The number of rotatable bonds is 10. The van der Waals surface area contributed by atoms with E-state index in [2.05, 4.69) is 51.8 Å². The maximum atomic E-state index is 12.5. The molecule has 3 aromatic carbocycles. The molecule has 0 bridgehead atoms. The van der Waals surface area contributed by atoms with Crippen molar-refractivity contribution in [3.8, 4) is 28.6 Å². The number of aromatic nitrogens is 2. The Morgan fingerprint density at radius 2 is 1.65 bits per heavy atom. The second-order valence-corrected chi connectivity index (χ2v) is 10.3. The van der Waals surface area contributed by atoms with Crippen molar-refractivity contribution in [2.24, 2.45) is 0 Å². The summed E-state index contributed by atoms with van der Waals surface area (Å²) in [5.74, 6) is 1.01. The molecule has 3 N–H and O–H groups in total. The molecule has 0 saturated heterocycles. The van der Waals surface area contributed by atoms with Crippen LogP contribution in [0.2, 0.25) is 0 Å². The van der Waals surface area contributed by atoms with Crippen LogP contribution in [0.3, 0.4) is 0 Å². The van der Waals surface area contributed by atoms with Gasteiger partial charge in [0.05, 0.1) is 8.95 Å². The molecule has 0 fully saturated rings. The smallest absolute Gasteiger partial charge is 0.465 e. The van der Waals surface area contributed by atoms with Crippen molar-refractivity contribution in [2.45, 2.75) is 6.54 Å². The molecule has 37 heavy (non-hydrogen) atoms. The number of phosphoric acid groups is 1. The Bertz CT molecular complexity index is 1400. The topological polar surface area (TPSA) is 153 Å². The minimum Gasteiger partial charge on any atom is -0.465 e. The van der Waals surface area contributed by atoms with E-state index in [-0.39, 0.29) is 24.0 Å². The number of carbonyl (C=O) groups is 1. The quantitative estimate of drug-likeness (QED) is 0.149. The van der Waals surface area contributed by atoms with Crippen molar-refractivity contribution in [3.63, 3.8) is 0 Å². The number of benzene rings is 3. The highest BCUT2D eigenvalue weighted by Crippen LogP contribution is 2.39. The number of ether oxygens (including phenoxy) is 2. The lowest BCUT2D eigenvalue weighted by Gasteiger charge is -2.11. The normalized spacial score (nSPS) is 11.2. The summed E-state index contributed by atoms with van der Waals surface area (Å²) in [7, 11) is -4.67. The van der Waals surface area contributed by atoms with Gasteiger partial charge in [-0.2, -0.15) is 4.98 Å². The Morgan fingerprint density at radius 1 is 1.00 bits per heavy atom. The van der Waals surface area contributed by atoms with Crippen molar-refractivity contribution in [3.05, 3.63) is 87.1 Å². The molecule has 1 amide bonds. The number of amides is 1. The van der Waals surface area contributed by atoms with Gasteiger partial charge in [-0.15, -0.1) is 0 Å². The number of phosphoric ester groups is 1. The Hall–Kier alpha value is -3.06. The SMILES string of the molecule is O=C(NCc1ccc(Oc2ccccc2)cc1)c1nc(-c2cc(Br)c(OCOP(=O)(O)O)c(Br)c2)no1. The molecular formula is C23H18Br2N3O8P. The van der Waals surface area contributed by atoms with Crippen LogP contribution in [0.5, 0.6) is 17.2 Å². The molecule has 0 spiro atoms. The number of nitrogens with zero attached hydrogens (tertiary/aromatic N) is 2. The molecule has 4 rings (SSSR count). The molecule has 0 aliphatic carbocycles. The Balaban J connectivity index is 1.35. The molecule has 192 valence electrons. The number of nitrogens with one attached hydrogen (secondary N) is 1. The first-order chi connectivity index (χ1) is 17.7. The lowest BCUT2D eigenvalue weighted by atomic mass is 10.2. The first-order valence-electron chi connectivity index (χ1n) is 10.4. The first kappa shape index (κ1) is 27.0. The molecule has 0 aliphatic rings. The van der Waals surface area contributed by atoms with E-state index in [9.17, 15) is 9.36 Å². The van der Waals surface area contributed by atoms with E-state index >= 15 is 0 Å². The summed E-state index contributed by atoms with van der Waals surface area (Å²) < 4.78 is 32.0.